The number of hydrogen-bond acceptors (Lipinski definition) is 5. The molecule has 1 aromatic heterocycles. The lowest BCUT2D eigenvalue weighted by molar-refractivity contribution is -0.125. The van der Waals surface area contributed by atoms with Crippen molar-refractivity contribution in [2.45, 2.75) is 12.5 Å². The van der Waals surface area contributed by atoms with Gasteiger partial charge in [0.15, 0.2) is 0 Å². The molecule has 148 valence electrons. The van der Waals surface area contributed by atoms with E-state index < -0.39 is 6.04 Å². The van der Waals surface area contributed by atoms with Crippen LogP contribution in [0.15, 0.2) is 54.7 Å². The third-order valence-electron chi connectivity index (χ3n) is 4.78. The van der Waals surface area contributed by atoms with Crippen LogP contribution in [-0.2, 0) is 9.59 Å². The number of anilines is 2. The van der Waals surface area contributed by atoms with Crippen molar-refractivity contribution >= 4 is 23.3 Å². The Morgan fingerprint density at radius 1 is 1.17 bits per heavy atom. The van der Waals surface area contributed by atoms with E-state index in [1.807, 2.05) is 30.3 Å². The van der Waals surface area contributed by atoms with E-state index in [0.717, 1.165) is 11.1 Å². The summed E-state index contributed by atoms with van der Waals surface area (Å²) < 4.78 is 12.1. The van der Waals surface area contributed by atoms with Crippen LogP contribution in [0.3, 0.4) is 0 Å². The van der Waals surface area contributed by atoms with Crippen molar-refractivity contribution < 1.29 is 19.1 Å². The number of nitrogens with one attached hydrogen (secondary N) is 2. The minimum atomic E-state index is -0.775. The van der Waals surface area contributed by atoms with Crippen molar-refractivity contribution in [3.8, 4) is 22.6 Å². The number of benzene rings is 2. The molecule has 0 spiro atoms. The van der Waals surface area contributed by atoms with Crippen LogP contribution in [0, 0.1) is 0 Å². The van der Waals surface area contributed by atoms with Crippen molar-refractivity contribution in [3.05, 3.63) is 54.7 Å². The van der Waals surface area contributed by atoms with Gasteiger partial charge in [0.2, 0.25) is 11.8 Å². The van der Waals surface area contributed by atoms with Crippen molar-refractivity contribution in [1.29, 1.82) is 0 Å². The Kier molecular flexibility index (Phi) is 4.90. The Bertz CT molecular complexity index is 1060. The van der Waals surface area contributed by atoms with Gasteiger partial charge >= 0.3 is 0 Å². The lowest BCUT2D eigenvalue weighted by atomic mass is 10.1. The van der Waals surface area contributed by atoms with Gasteiger partial charge < -0.3 is 20.1 Å². The van der Waals surface area contributed by atoms with Gasteiger partial charge in [-0.05, 0) is 17.7 Å². The molecule has 2 heterocycles. The molecule has 1 atom stereocenters. The number of nitrogens with zero attached hydrogens (tertiary/aromatic N) is 2. The highest BCUT2D eigenvalue weighted by atomic mass is 16.5. The summed E-state index contributed by atoms with van der Waals surface area (Å²) in [5, 5.41) is 10.0. The SMILES string of the molecule is COc1ccc(NC(=O)C2CC(=O)Nc3c(-c4ccccc4)cnn32)c(OC)c1. The largest absolute Gasteiger partial charge is 0.497 e. The van der Waals surface area contributed by atoms with E-state index in [4.69, 9.17) is 9.47 Å². The van der Waals surface area contributed by atoms with E-state index in [-0.39, 0.29) is 18.2 Å². The first-order valence-electron chi connectivity index (χ1n) is 9.06. The fourth-order valence-electron chi connectivity index (χ4n) is 3.32. The van der Waals surface area contributed by atoms with E-state index in [0.29, 0.717) is 23.0 Å². The van der Waals surface area contributed by atoms with Gasteiger partial charge in [0.1, 0.15) is 23.4 Å². The molecule has 0 aliphatic carbocycles. The highest BCUT2D eigenvalue weighted by Crippen LogP contribution is 2.35. The van der Waals surface area contributed by atoms with E-state index in [1.54, 1.807) is 36.2 Å². The van der Waals surface area contributed by atoms with E-state index in [9.17, 15) is 9.59 Å². The molecule has 0 saturated carbocycles. The Balaban J connectivity index is 1.64. The third kappa shape index (κ3) is 3.52. The zero-order valence-electron chi connectivity index (χ0n) is 16.0. The summed E-state index contributed by atoms with van der Waals surface area (Å²) in [5.74, 6) is 0.987. The standard InChI is InChI=1S/C21H20N4O4/c1-28-14-8-9-16(18(10-14)29-2)23-21(27)17-11-19(26)24-20-15(12-22-25(17)20)13-6-4-3-5-7-13/h3-10,12,17H,11H2,1-2H3,(H,23,27)(H,24,26). The fourth-order valence-corrected chi connectivity index (χ4v) is 3.32. The number of ether oxygens (including phenoxy) is 2. The normalized spacial score (nSPS) is 15.2. The molecule has 4 rings (SSSR count). The molecular weight excluding hydrogens is 372 g/mol. The van der Waals surface area contributed by atoms with Crippen LogP contribution in [-0.4, -0.2) is 35.8 Å². The maximum absolute atomic E-state index is 13.0. The van der Waals surface area contributed by atoms with Gasteiger partial charge in [-0.3, -0.25) is 9.59 Å². The maximum atomic E-state index is 13.0. The van der Waals surface area contributed by atoms with Gasteiger partial charge in [-0.1, -0.05) is 30.3 Å². The number of carbonyl (C=O) groups excluding carboxylic acids is 2. The molecule has 2 amide bonds. The predicted molar refractivity (Wildman–Crippen MR) is 108 cm³/mol. The van der Waals surface area contributed by atoms with Crippen LogP contribution < -0.4 is 20.1 Å². The van der Waals surface area contributed by atoms with Gasteiger partial charge in [0, 0.05) is 11.6 Å². The number of rotatable bonds is 5. The number of fused-ring (bicyclic) bond motifs is 1. The molecule has 2 aromatic carbocycles. The summed E-state index contributed by atoms with van der Waals surface area (Å²) >= 11 is 0. The average molecular weight is 392 g/mol. The average Bonchev–Trinajstić information content (AvgIpc) is 3.17. The number of carbonyl (C=O) groups is 2. The highest BCUT2D eigenvalue weighted by Gasteiger charge is 2.33. The number of hydrogen-bond donors (Lipinski definition) is 2. The van der Waals surface area contributed by atoms with Crippen LogP contribution in [0.5, 0.6) is 11.5 Å². The first-order chi connectivity index (χ1) is 14.1. The van der Waals surface area contributed by atoms with Crippen molar-refractivity contribution in [1.82, 2.24) is 9.78 Å². The van der Waals surface area contributed by atoms with Crippen LogP contribution in [0.2, 0.25) is 0 Å². The molecule has 0 radical (unpaired) electrons. The van der Waals surface area contributed by atoms with Crippen molar-refractivity contribution in [2.24, 2.45) is 0 Å². The summed E-state index contributed by atoms with van der Waals surface area (Å²) in [6.45, 7) is 0. The smallest absolute Gasteiger partial charge is 0.249 e. The van der Waals surface area contributed by atoms with E-state index in [1.165, 1.54) is 7.11 Å². The molecule has 8 heteroatoms. The second-order valence-electron chi connectivity index (χ2n) is 6.54. The Labute approximate surface area is 167 Å². The lowest BCUT2D eigenvalue weighted by Crippen LogP contribution is -2.35. The van der Waals surface area contributed by atoms with Crippen molar-refractivity contribution in [2.75, 3.05) is 24.9 Å². The molecular formula is C21H20N4O4. The molecule has 3 aromatic rings. The number of methoxy groups -OCH3 is 2. The molecule has 0 fully saturated rings. The minimum absolute atomic E-state index is 0.00673. The van der Waals surface area contributed by atoms with Gasteiger partial charge in [0.25, 0.3) is 0 Å². The molecule has 1 unspecified atom stereocenters. The van der Waals surface area contributed by atoms with Gasteiger partial charge in [-0.15, -0.1) is 0 Å². The van der Waals surface area contributed by atoms with Crippen LogP contribution in [0.4, 0.5) is 11.5 Å². The Morgan fingerprint density at radius 2 is 1.97 bits per heavy atom. The Morgan fingerprint density at radius 3 is 2.69 bits per heavy atom. The van der Waals surface area contributed by atoms with Crippen LogP contribution in [0.25, 0.3) is 11.1 Å². The van der Waals surface area contributed by atoms with Crippen LogP contribution >= 0.6 is 0 Å². The summed E-state index contributed by atoms with van der Waals surface area (Å²) in [6.07, 6.45) is 1.65. The molecule has 0 bridgehead atoms. The van der Waals surface area contributed by atoms with Crippen LogP contribution in [0.1, 0.15) is 12.5 Å². The fraction of sp³-hybridized carbons (Fsp3) is 0.190. The monoisotopic (exact) mass is 392 g/mol. The molecule has 29 heavy (non-hydrogen) atoms. The second kappa shape index (κ2) is 7.67. The molecule has 0 saturated heterocycles. The highest BCUT2D eigenvalue weighted by molar-refractivity contribution is 6.03. The maximum Gasteiger partial charge on any atom is 0.249 e. The molecule has 2 N–H and O–H groups in total. The van der Waals surface area contributed by atoms with Gasteiger partial charge in [0.05, 0.1) is 32.5 Å². The molecule has 1 aliphatic heterocycles. The lowest BCUT2D eigenvalue weighted by Gasteiger charge is -2.25. The minimum Gasteiger partial charge on any atom is -0.497 e. The first kappa shape index (κ1) is 18.5. The topological polar surface area (TPSA) is 94.5 Å². The number of aromatic nitrogens is 2. The first-order valence-corrected chi connectivity index (χ1v) is 9.06. The number of amides is 2. The van der Waals surface area contributed by atoms with Gasteiger partial charge in [-0.25, -0.2) is 4.68 Å². The predicted octanol–water partition coefficient (Wildman–Crippen LogP) is 3.09. The van der Waals surface area contributed by atoms with Crippen molar-refractivity contribution in [3.63, 3.8) is 0 Å². The van der Waals surface area contributed by atoms with E-state index in [2.05, 4.69) is 15.7 Å². The van der Waals surface area contributed by atoms with Gasteiger partial charge in [-0.2, -0.15) is 5.10 Å². The molecule has 1 aliphatic rings. The Hall–Kier alpha value is -3.81. The zero-order valence-corrected chi connectivity index (χ0v) is 16.0. The quantitative estimate of drug-likeness (QED) is 0.696. The summed E-state index contributed by atoms with van der Waals surface area (Å²) in [6, 6.07) is 13.9. The molecule has 8 nitrogen and oxygen atoms in total. The summed E-state index contributed by atoms with van der Waals surface area (Å²) in [5.41, 5.74) is 2.16. The zero-order chi connectivity index (χ0) is 20.4. The van der Waals surface area contributed by atoms with E-state index >= 15 is 0 Å². The summed E-state index contributed by atoms with van der Waals surface area (Å²) in [7, 11) is 3.06. The summed E-state index contributed by atoms with van der Waals surface area (Å²) in [4.78, 5) is 25.3. The second-order valence-corrected chi connectivity index (χ2v) is 6.54. The third-order valence-corrected chi connectivity index (χ3v) is 4.78.